The monoisotopic (exact) mass is 192 g/mol. The zero-order valence-corrected chi connectivity index (χ0v) is 8.08. The topological polar surface area (TPSA) is 49.7 Å². The molecule has 3 nitrogen and oxygen atoms in total. The van der Waals surface area contributed by atoms with Crippen LogP contribution >= 0.6 is 12.6 Å². The number of ether oxygens (including phenoxy) is 1. The lowest BCUT2D eigenvalue weighted by Gasteiger charge is -2.16. The molecule has 4 heteroatoms. The van der Waals surface area contributed by atoms with Gasteiger partial charge in [-0.2, -0.15) is 12.6 Å². The molecule has 0 radical (unpaired) electrons. The lowest BCUT2D eigenvalue weighted by molar-refractivity contribution is -0.00241. The number of aliphatic hydroxyl groups excluding tert-OH is 2. The second-order valence-electron chi connectivity index (χ2n) is 3.23. The first-order valence-electron chi connectivity index (χ1n) is 4.26. The van der Waals surface area contributed by atoms with Crippen LogP contribution in [0.1, 0.15) is 13.3 Å². The first kappa shape index (κ1) is 10.3. The first-order chi connectivity index (χ1) is 5.70. The lowest BCUT2D eigenvalue weighted by atomic mass is 9.94. The standard InChI is InChI=1S/C8H16O3S/c1-5-8(10)6(2-3-12)7(4-9)11-5/h5-10,12H,2-4H2,1H3/t5-,6?,7+,8?/m0/s1. The Balaban J connectivity index is 2.53. The normalized spacial score (nSPS) is 42.0. The van der Waals surface area contributed by atoms with Crippen LogP contribution in [0.4, 0.5) is 0 Å². The number of hydrogen-bond acceptors (Lipinski definition) is 4. The highest BCUT2D eigenvalue weighted by molar-refractivity contribution is 7.80. The van der Waals surface area contributed by atoms with Crippen molar-refractivity contribution < 1.29 is 14.9 Å². The number of rotatable bonds is 3. The van der Waals surface area contributed by atoms with Crippen molar-refractivity contribution in [2.45, 2.75) is 31.7 Å². The molecule has 0 aromatic heterocycles. The van der Waals surface area contributed by atoms with Crippen LogP contribution in [0.3, 0.4) is 0 Å². The van der Waals surface area contributed by atoms with Crippen molar-refractivity contribution in [3.8, 4) is 0 Å². The molecule has 0 aromatic rings. The largest absolute Gasteiger partial charge is 0.394 e. The third-order valence-corrected chi connectivity index (χ3v) is 2.69. The summed E-state index contributed by atoms with van der Waals surface area (Å²) in [6, 6.07) is 0. The van der Waals surface area contributed by atoms with Gasteiger partial charge in [0.1, 0.15) is 0 Å². The van der Waals surface area contributed by atoms with E-state index in [4.69, 9.17) is 9.84 Å². The fourth-order valence-corrected chi connectivity index (χ4v) is 2.01. The zero-order valence-electron chi connectivity index (χ0n) is 7.18. The Morgan fingerprint density at radius 3 is 2.67 bits per heavy atom. The highest BCUT2D eigenvalue weighted by Crippen LogP contribution is 2.29. The smallest absolute Gasteiger partial charge is 0.0864 e. The number of thiol groups is 1. The van der Waals surface area contributed by atoms with Crippen molar-refractivity contribution in [3.63, 3.8) is 0 Å². The van der Waals surface area contributed by atoms with Gasteiger partial charge in [0.25, 0.3) is 0 Å². The minimum atomic E-state index is -0.450. The van der Waals surface area contributed by atoms with E-state index in [0.29, 0.717) is 5.75 Å². The Kier molecular flexibility index (Phi) is 3.83. The number of aliphatic hydroxyl groups is 2. The molecular formula is C8H16O3S. The van der Waals surface area contributed by atoms with Crippen molar-refractivity contribution in [1.82, 2.24) is 0 Å². The van der Waals surface area contributed by atoms with Crippen molar-refractivity contribution in [1.29, 1.82) is 0 Å². The summed E-state index contributed by atoms with van der Waals surface area (Å²) in [4.78, 5) is 0. The Bertz CT molecular complexity index is 142. The van der Waals surface area contributed by atoms with Gasteiger partial charge in [0.2, 0.25) is 0 Å². The molecule has 0 amide bonds. The summed E-state index contributed by atoms with van der Waals surface area (Å²) in [5.41, 5.74) is 0. The van der Waals surface area contributed by atoms with Crippen molar-refractivity contribution in [2.24, 2.45) is 5.92 Å². The third-order valence-electron chi connectivity index (χ3n) is 2.43. The van der Waals surface area contributed by atoms with Gasteiger partial charge in [-0.3, -0.25) is 0 Å². The van der Waals surface area contributed by atoms with Gasteiger partial charge in [-0.05, 0) is 19.1 Å². The van der Waals surface area contributed by atoms with Crippen LogP contribution in [0.5, 0.6) is 0 Å². The van der Waals surface area contributed by atoms with Crippen LogP contribution in [0.25, 0.3) is 0 Å². The van der Waals surface area contributed by atoms with Gasteiger partial charge in [-0.1, -0.05) is 0 Å². The molecule has 0 saturated carbocycles. The maximum Gasteiger partial charge on any atom is 0.0864 e. The Morgan fingerprint density at radius 1 is 1.50 bits per heavy atom. The molecule has 1 fully saturated rings. The van der Waals surface area contributed by atoms with Crippen LogP contribution in [-0.2, 0) is 4.74 Å². The van der Waals surface area contributed by atoms with Crippen LogP contribution in [-0.4, -0.2) is 40.9 Å². The van der Waals surface area contributed by atoms with Crippen LogP contribution in [0.2, 0.25) is 0 Å². The van der Waals surface area contributed by atoms with Crippen LogP contribution in [0.15, 0.2) is 0 Å². The summed E-state index contributed by atoms with van der Waals surface area (Å²) in [6.45, 7) is 1.81. The molecule has 0 bridgehead atoms. The van der Waals surface area contributed by atoms with Gasteiger partial charge in [-0.15, -0.1) is 0 Å². The second-order valence-corrected chi connectivity index (χ2v) is 3.68. The molecular weight excluding hydrogens is 176 g/mol. The van der Waals surface area contributed by atoms with Gasteiger partial charge in [0, 0.05) is 5.92 Å². The molecule has 12 heavy (non-hydrogen) atoms. The highest BCUT2D eigenvalue weighted by Gasteiger charge is 2.39. The first-order valence-corrected chi connectivity index (χ1v) is 4.89. The third kappa shape index (κ3) is 1.93. The van der Waals surface area contributed by atoms with E-state index in [2.05, 4.69) is 12.6 Å². The summed E-state index contributed by atoms with van der Waals surface area (Å²) in [7, 11) is 0. The van der Waals surface area contributed by atoms with Crippen LogP contribution in [0, 0.1) is 5.92 Å². The molecule has 1 saturated heterocycles. The van der Waals surface area contributed by atoms with Crippen molar-refractivity contribution >= 4 is 12.6 Å². The molecule has 0 aromatic carbocycles. The van der Waals surface area contributed by atoms with E-state index < -0.39 is 6.10 Å². The maximum atomic E-state index is 9.62. The molecule has 2 N–H and O–H groups in total. The van der Waals surface area contributed by atoms with Gasteiger partial charge < -0.3 is 14.9 Å². The molecule has 2 unspecified atom stereocenters. The molecule has 4 atom stereocenters. The average Bonchev–Trinajstić information content (AvgIpc) is 2.33. The average molecular weight is 192 g/mol. The van der Waals surface area contributed by atoms with Gasteiger partial charge in [-0.25, -0.2) is 0 Å². The molecule has 1 aliphatic rings. The van der Waals surface area contributed by atoms with E-state index in [9.17, 15) is 5.11 Å². The van der Waals surface area contributed by atoms with E-state index in [1.165, 1.54) is 0 Å². The fourth-order valence-electron chi connectivity index (χ4n) is 1.71. The van der Waals surface area contributed by atoms with Gasteiger partial charge in [0.05, 0.1) is 24.9 Å². The second kappa shape index (κ2) is 4.46. The quantitative estimate of drug-likeness (QED) is 0.554. The van der Waals surface area contributed by atoms with Gasteiger partial charge in [0.15, 0.2) is 0 Å². The molecule has 0 aliphatic carbocycles. The predicted molar refractivity (Wildman–Crippen MR) is 49.4 cm³/mol. The summed E-state index contributed by atoms with van der Waals surface area (Å²) in [6.07, 6.45) is -0.0247. The zero-order chi connectivity index (χ0) is 9.14. The molecule has 1 heterocycles. The predicted octanol–water partition coefficient (Wildman–Crippen LogP) is 0.0630. The summed E-state index contributed by atoms with van der Waals surface area (Å²) in [5.74, 6) is 0.761. The molecule has 72 valence electrons. The van der Waals surface area contributed by atoms with Gasteiger partial charge >= 0.3 is 0 Å². The highest BCUT2D eigenvalue weighted by atomic mass is 32.1. The van der Waals surface area contributed by atoms with Crippen LogP contribution < -0.4 is 0 Å². The summed E-state index contributed by atoms with van der Waals surface area (Å²) >= 11 is 4.10. The maximum absolute atomic E-state index is 9.62. The Morgan fingerprint density at radius 2 is 2.17 bits per heavy atom. The molecule has 1 rings (SSSR count). The van der Waals surface area contributed by atoms with E-state index in [1.54, 1.807) is 0 Å². The van der Waals surface area contributed by atoms with E-state index in [-0.39, 0.29) is 24.7 Å². The van der Waals surface area contributed by atoms with E-state index in [1.807, 2.05) is 6.92 Å². The minimum Gasteiger partial charge on any atom is -0.394 e. The molecule has 0 spiro atoms. The van der Waals surface area contributed by atoms with Crippen molar-refractivity contribution in [3.05, 3.63) is 0 Å². The fraction of sp³-hybridized carbons (Fsp3) is 1.00. The SMILES string of the molecule is C[C@@H]1O[C@H](CO)C(CCS)C1O. The minimum absolute atomic E-state index is 0.0140. The van der Waals surface area contributed by atoms with E-state index >= 15 is 0 Å². The Labute approximate surface area is 78.1 Å². The van der Waals surface area contributed by atoms with E-state index in [0.717, 1.165) is 6.42 Å². The Hall–Kier alpha value is 0.230. The number of hydrogen-bond donors (Lipinski definition) is 3. The summed E-state index contributed by atoms with van der Waals surface area (Å²) < 4.78 is 5.35. The lowest BCUT2D eigenvalue weighted by Crippen LogP contribution is -2.28. The summed E-state index contributed by atoms with van der Waals surface area (Å²) in [5, 5.41) is 18.6. The molecule has 1 aliphatic heterocycles. The van der Waals surface area contributed by atoms with Crippen molar-refractivity contribution in [2.75, 3.05) is 12.4 Å².